The van der Waals surface area contributed by atoms with Gasteiger partial charge in [0.2, 0.25) is 5.95 Å². The number of rotatable bonds is 6. The first-order valence-corrected chi connectivity index (χ1v) is 15.0. The Balaban J connectivity index is 1.32. The number of anilines is 1. The molecule has 8 nitrogen and oxygen atoms in total. The molecule has 2 aliphatic rings. The molecule has 10 heteroatoms. The van der Waals surface area contributed by atoms with Crippen LogP contribution in [0.4, 0.5) is 5.95 Å². The molecule has 2 atom stereocenters. The van der Waals surface area contributed by atoms with Crippen molar-refractivity contribution >= 4 is 38.5 Å². The van der Waals surface area contributed by atoms with E-state index in [4.69, 9.17) is 16.6 Å². The van der Waals surface area contributed by atoms with Crippen LogP contribution in [0.25, 0.3) is 22.2 Å². The minimum absolute atomic E-state index is 0.222. The number of para-hydroxylation sites is 1. The number of piperazine rings is 1. The maximum atomic E-state index is 13.5. The lowest BCUT2D eigenvalue weighted by Gasteiger charge is -2.39. The Morgan fingerprint density at radius 1 is 1.00 bits per heavy atom. The molecule has 2 N–H and O–H groups in total. The SMILES string of the molecule is O=S(=O)(c1ccccc1)n1cc(-c2nc(N[C@@H]3CCC[C@H](N4CCNCC4)C3)ncc2Cl)c2ccccc21. The molecule has 3 heterocycles. The van der Waals surface area contributed by atoms with Crippen molar-refractivity contribution in [1.82, 2.24) is 24.2 Å². The van der Waals surface area contributed by atoms with Gasteiger partial charge < -0.3 is 10.6 Å². The number of benzene rings is 2. The zero-order valence-corrected chi connectivity index (χ0v) is 22.6. The highest BCUT2D eigenvalue weighted by molar-refractivity contribution is 7.90. The number of halogens is 1. The van der Waals surface area contributed by atoms with Crippen LogP contribution in [0.5, 0.6) is 0 Å². The van der Waals surface area contributed by atoms with Crippen LogP contribution in [-0.4, -0.2) is 65.5 Å². The molecule has 1 aliphatic carbocycles. The van der Waals surface area contributed by atoms with Gasteiger partial charge in [-0.1, -0.05) is 48.0 Å². The van der Waals surface area contributed by atoms with E-state index in [-0.39, 0.29) is 10.9 Å². The smallest absolute Gasteiger partial charge is 0.268 e. The lowest BCUT2D eigenvalue weighted by molar-refractivity contribution is 0.134. The highest BCUT2D eigenvalue weighted by Crippen LogP contribution is 2.36. The van der Waals surface area contributed by atoms with Gasteiger partial charge in [-0.15, -0.1) is 0 Å². The molecule has 1 aliphatic heterocycles. The first-order chi connectivity index (χ1) is 18.5. The van der Waals surface area contributed by atoms with Crippen LogP contribution in [0.1, 0.15) is 25.7 Å². The Labute approximate surface area is 228 Å². The first kappa shape index (κ1) is 25.3. The number of hydrogen-bond donors (Lipinski definition) is 2. The van der Waals surface area contributed by atoms with E-state index in [0.29, 0.717) is 33.8 Å². The molecule has 0 amide bonds. The van der Waals surface area contributed by atoms with Crippen molar-refractivity contribution in [2.75, 3.05) is 31.5 Å². The Morgan fingerprint density at radius 2 is 1.76 bits per heavy atom. The topological polar surface area (TPSA) is 92.2 Å². The van der Waals surface area contributed by atoms with E-state index in [1.807, 2.05) is 18.2 Å². The average Bonchev–Trinajstić information content (AvgIpc) is 3.36. The average molecular weight is 551 g/mol. The molecule has 4 aromatic rings. The van der Waals surface area contributed by atoms with Gasteiger partial charge in [0.25, 0.3) is 10.0 Å². The molecule has 2 fully saturated rings. The molecule has 2 aromatic carbocycles. The van der Waals surface area contributed by atoms with Crippen molar-refractivity contribution in [2.24, 2.45) is 0 Å². The van der Waals surface area contributed by atoms with E-state index in [2.05, 4.69) is 20.5 Å². The van der Waals surface area contributed by atoms with Gasteiger partial charge >= 0.3 is 0 Å². The normalized spacial score (nSPS) is 21.0. The van der Waals surface area contributed by atoms with Crippen molar-refractivity contribution in [3.8, 4) is 11.3 Å². The van der Waals surface area contributed by atoms with Gasteiger partial charge in [-0.05, 0) is 43.9 Å². The summed E-state index contributed by atoms with van der Waals surface area (Å²) in [6.45, 7) is 4.28. The highest BCUT2D eigenvalue weighted by atomic mass is 35.5. The van der Waals surface area contributed by atoms with Gasteiger partial charge in [0.1, 0.15) is 0 Å². The van der Waals surface area contributed by atoms with E-state index in [9.17, 15) is 8.42 Å². The van der Waals surface area contributed by atoms with E-state index >= 15 is 0 Å². The van der Waals surface area contributed by atoms with Crippen LogP contribution in [0.15, 0.2) is 71.9 Å². The summed E-state index contributed by atoms with van der Waals surface area (Å²) in [5, 5.41) is 8.12. The van der Waals surface area contributed by atoms with Gasteiger partial charge in [0, 0.05) is 55.4 Å². The van der Waals surface area contributed by atoms with Gasteiger partial charge in [-0.25, -0.2) is 22.4 Å². The van der Waals surface area contributed by atoms with E-state index in [1.54, 1.807) is 48.8 Å². The molecule has 0 radical (unpaired) electrons. The Bertz CT molecular complexity index is 1540. The predicted molar refractivity (Wildman–Crippen MR) is 151 cm³/mol. The lowest BCUT2D eigenvalue weighted by Crippen LogP contribution is -2.50. The highest BCUT2D eigenvalue weighted by Gasteiger charge is 2.28. The van der Waals surface area contributed by atoms with Gasteiger partial charge in [0.05, 0.1) is 27.3 Å². The predicted octanol–water partition coefficient (Wildman–Crippen LogP) is 4.62. The summed E-state index contributed by atoms with van der Waals surface area (Å²) in [5.74, 6) is 0.512. The summed E-state index contributed by atoms with van der Waals surface area (Å²) in [6.07, 6.45) is 7.72. The molecule has 198 valence electrons. The molecule has 38 heavy (non-hydrogen) atoms. The fourth-order valence-corrected chi connectivity index (χ4v) is 7.31. The van der Waals surface area contributed by atoms with Crippen LogP contribution in [0.3, 0.4) is 0 Å². The Morgan fingerprint density at radius 3 is 2.58 bits per heavy atom. The molecule has 6 rings (SSSR count). The first-order valence-electron chi connectivity index (χ1n) is 13.2. The molecular weight excluding hydrogens is 520 g/mol. The number of hydrogen-bond acceptors (Lipinski definition) is 7. The summed E-state index contributed by atoms with van der Waals surface area (Å²) in [6, 6.07) is 16.7. The maximum absolute atomic E-state index is 13.5. The maximum Gasteiger partial charge on any atom is 0.268 e. The monoisotopic (exact) mass is 550 g/mol. The minimum Gasteiger partial charge on any atom is -0.351 e. The standard InChI is InChI=1S/C28H31ClN6O2S/c29-25-18-31-28(32-20-7-6-8-21(17-20)34-15-13-30-14-16-34)33-27(25)24-19-35(26-12-5-4-11-23(24)26)38(36,37)22-9-2-1-3-10-22/h1-5,9-12,18-21,30H,6-8,13-17H2,(H,31,32,33)/t20-,21+/m1/s1. The molecule has 2 aromatic heterocycles. The van der Waals surface area contributed by atoms with E-state index < -0.39 is 10.0 Å². The summed E-state index contributed by atoms with van der Waals surface area (Å²) in [7, 11) is -3.81. The summed E-state index contributed by atoms with van der Waals surface area (Å²) in [5.41, 5.74) is 1.73. The van der Waals surface area contributed by atoms with Crippen molar-refractivity contribution in [3.05, 3.63) is 72.0 Å². The largest absolute Gasteiger partial charge is 0.351 e. The van der Waals surface area contributed by atoms with Gasteiger partial charge in [-0.3, -0.25) is 4.90 Å². The van der Waals surface area contributed by atoms with Crippen molar-refractivity contribution in [1.29, 1.82) is 0 Å². The second-order valence-corrected chi connectivity index (χ2v) is 12.2. The third-order valence-electron chi connectivity index (χ3n) is 7.62. The zero-order valence-electron chi connectivity index (χ0n) is 21.1. The molecular formula is C28H31ClN6O2S. The quantitative estimate of drug-likeness (QED) is 0.362. The zero-order chi connectivity index (χ0) is 26.1. The van der Waals surface area contributed by atoms with Crippen LogP contribution >= 0.6 is 11.6 Å². The fourth-order valence-electron chi connectivity index (χ4n) is 5.73. The number of nitrogens with one attached hydrogen (secondary N) is 2. The minimum atomic E-state index is -3.81. The third-order valence-corrected chi connectivity index (χ3v) is 9.59. The number of aromatic nitrogens is 3. The molecule has 1 saturated heterocycles. The van der Waals surface area contributed by atoms with Gasteiger partial charge in [0.15, 0.2) is 0 Å². The third kappa shape index (κ3) is 4.91. The van der Waals surface area contributed by atoms with Gasteiger partial charge in [-0.2, -0.15) is 0 Å². The summed E-state index contributed by atoms with van der Waals surface area (Å²) >= 11 is 6.62. The second-order valence-electron chi connectivity index (χ2n) is 10.0. The van der Waals surface area contributed by atoms with Crippen LogP contribution < -0.4 is 10.6 Å². The number of fused-ring (bicyclic) bond motifs is 1. The van der Waals surface area contributed by atoms with E-state index in [1.165, 1.54) is 10.4 Å². The molecule has 0 unspecified atom stereocenters. The summed E-state index contributed by atoms with van der Waals surface area (Å²) < 4.78 is 28.4. The van der Waals surface area contributed by atoms with Crippen molar-refractivity contribution in [3.63, 3.8) is 0 Å². The van der Waals surface area contributed by atoms with Crippen LogP contribution in [0, 0.1) is 0 Å². The van der Waals surface area contributed by atoms with E-state index in [0.717, 1.165) is 50.8 Å². The van der Waals surface area contributed by atoms with Crippen molar-refractivity contribution in [2.45, 2.75) is 42.7 Å². The molecule has 1 saturated carbocycles. The van der Waals surface area contributed by atoms with Crippen LogP contribution in [-0.2, 0) is 10.0 Å². The Kier molecular flexibility index (Phi) is 7.09. The fraction of sp³-hybridized carbons (Fsp3) is 0.357. The summed E-state index contributed by atoms with van der Waals surface area (Å²) in [4.78, 5) is 12.1. The molecule has 0 spiro atoms. The second kappa shape index (κ2) is 10.6. The Hall–Kier alpha value is -2.98. The lowest BCUT2D eigenvalue weighted by atomic mass is 9.89. The molecule has 0 bridgehead atoms. The number of nitrogens with zero attached hydrogens (tertiary/aromatic N) is 4. The van der Waals surface area contributed by atoms with Crippen molar-refractivity contribution < 1.29 is 8.42 Å². The van der Waals surface area contributed by atoms with Crippen LogP contribution in [0.2, 0.25) is 5.02 Å².